The lowest BCUT2D eigenvalue weighted by Gasteiger charge is -2.26. The summed E-state index contributed by atoms with van der Waals surface area (Å²) in [6, 6.07) is 6.33. The molecule has 0 heterocycles. The predicted molar refractivity (Wildman–Crippen MR) is 75.1 cm³/mol. The van der Waals surface area contributed by atoms with Crippen LogP contribution in [-0.4, -0.2) is 16.4 Å². The molecule has 18 heavy (non-hydrogen) atoms. The second-order valence-electron chi connectivity index (χ2n) is 5.65. The molecule has 0 saturated carbocycles. The van der Waals surface area contributed by atoms with Gasteiger partial charge >= 0.3 is 0 Å². The van der Waals surface area contributed by atoms with Gasteiger partial charge in [-0.1, -0.05) is 6.07 Å². The van der Waals surface area contributed by atoms with E-state index < -0.39 is 11.4 Å². The largest absolute Gasteiger partial charge is 0.598 e. The van der Waals surface area contributed by atoms with Crippen molar-refractivity contribution in [2.45, 2.75) is 44.4 Å². The summed E-state index contributed by atoms with van der Waals surface area (Å²) in [5, 5.41) is 0. The van der Waals surface area contributed by atoms with E-state index >= 15 is 0 Å². The summed E-state index contributed by atoms with van der Waals surface area (Å²) in [4.78, 5) is 0. The standard InChI is InChI=1S/C14H21NO2S/c1-14(2,3)18(16)15-13-8-6-10-5-7-11(17-4)9-12(10)13/h5,7,9,13,15H,6,8H2,1-4H3/t13-,18?/m0/s1. The Hall–Kier alpha value is -0.710. The van der Waals surface area contributed by atoms with Crippen molar-refractivity contribution in [1.82, 2.24) is 4.72 Å². The van der Waals surface area contributed by atoms with Crippen molar-refractivity contribution in [3.63, 3.8) is 0 Å². The van der Waals surface area contributed by atoms with Gasteiger partial charge in [0.1, 0.15) is 10.5 Å². The maximum atomic E-state index is 12.2. The van der Waals surface area contributed by atoms with Crippen LogP contribution >= 0.6 is 0 Å². The monoisotopic (exact) mass is 267 g/mol. The topological polar surface area (TPSA) is 44.3 Å². The first-order valence-corrected chi connectivity index (χ1v) is 7.41. The van der Waals surface area contributed by atoms with Crippen molar-refractivity contribution >= 4 is 11.4 Å². The molecule has 0 amide bonds. The van der Waals surface area contributed by atoms with Crippen LogP contribution in [0.15, 0.2) is 18.2 Å². The van der Waals surface area contributed by atoms with Gasteiger partial charge in [0.15, 0.2) is 0 Å². The average Bonchev–Trinajstić information content (AvgIpc) is 2.70. The van der Waals surface area contributed by atoms with Crippen molar-refractivity contribution in [3.05, 3.63) is 29.3 Å². The first-order valence-electron chi connectivity index (χ1n) is 6.26. The predicted octanol–water partition coefficient (Wildman–Crippen LogP) is 2.73. The van der Waals surface area contributed by atoms with Crippen LogP contribution in [0.1, 0.15) is 44.4 Å². The number of hydrogen-bond acceptors (Lipinski definition) is 3. The number of fused-ring (bicyclic) bond motifs is 1. The highest BCUT2D eigenvalue weighted by molar-refractivity contribution is 7.90. The summed E-state index contributed by atoms with van der Waals surface area (Å²) in [5.41, 5.74) is 2.56. The third kappa shape index (κ3) is 2.82. The molecule has 0 spiro atoms. The quantitative estimate of drug-likeness (QED) is 0.856. The van der Waals surface area contributed by atoms with Gasteiger partial charge in [-0.25, -0.2) is 0 Å². The van der Waals surface area contributed by atoms with Crippen molar-refractivity contribution in [3.8, 4) is 5.75 Å². The van der Waals surface area contributed by atoms with Crippen LogP contribution in [0, 0.1) is 0 Å². The first kappa shape index (κ1) is 13.7. The molecule has 1 aromatic carbocycles. The number of hydrogen-bond donors (Lipinski definition) is 1. The lowest BCUT2D eigenvalue weighted by Crippen LogP contribution is -2.40. The zero-order valence-corrected chi connectivity index (χ0v) is 12.3. The molecule has 3 nitrogen and oxygen atoms in total. The Bertz CT molecular complexity index is 428. The van der Waals surface area contributed by atoms with E-state index in [1.54, 1.807) is 7.11 Å². The second kappa shape index (κ2) is 5.11. The maximum absolute atomic E-state index is 12.2. The zero-order valence-electron chi connectivity index (χ0n) is 11.4. The van der Waals surface area contributed by atoms with Gasteiger partial charge in [0, 0.05) is 11.4 Å². The summed E-state index contributed by atoms with van der Waals surface area (Å²) in [5.74, 6) is 0.865. The third-order valence-electron chi connectivity index (χ3n) is 3.24. The summed E-state index contributed by atoms with van der Waals surface area (Å²) >= 11 is -1.03. The lowest BCUT2D eigenvalue weighted by molar-refractivity contribution is 0.413. The SMILES string of the molecule is COc1ccc2c(c1)[C@@H](N[S+]([O-])C(C)(C)C)CC2. The summed E-state index contributed by atoms with van der Waals surface area (Å²) in [7, 11) is 1.67. The smallest absolute Gasteiger partial charge is 0.136 e. The zero-order chi connectivity index (χ0) is 13.3. The van der Waals surface area contributed by atoms with Gasteiger partial charge in [0.25, 0.3) is 0 Å². The highest BCUT2D eigenvalue weighted by Crippen LogP contribution is 2.35. The molecule has 0 saturated heterocycles. The molecule has 1 unspecified atom stereocenters. The van der Waals surface area contributed by atoms with Crippen LogP contribution in [-0.2, 0) is 17.8 Å². The summed E-state index contributed by atoms with van der Waals surface area (Å²) < 4.78 is 20.4. The lowest BCUT2D eigenvalue weighted by atomic mass is 10.1. The Kier molecular flexibility index (Phi) is 3.90. The van der Waals surface area contributed by atoms with Crippen molar-refractivity contribution < 1.29 is 9.29 Å². The van der Waals surface area contributed by atoms with E-state index in [9.17, 15) is 4.55 Å². The van der Waals surface area contributed by atoms with Gasteiger partial charge in [-0.05, 0) is 56.9 Å². The molecule has 100 valence electrons. The summed E-state index contributed by atoms with van der Waals surface area (Å²) in [6.07, 6.45) is 2.04. The maximum Gasteiger partial charge on any atom is 0.136 e. The van der Waals surface area contributed by atoms with Gasteiger partial charge in [-0.3, -0.25) is 0 Å². The Balaban J connectivity index is 2.16. The van der Waals surface area contributed by atoms with E-state index in [0.717, 1.165) is 18.6 Å². The molecule has 1 N–H and O–H groups in total. The van der Waals surface area contributed by atoms with E-state index in [4.69, 9.17) is 4.74 Å². The van der Waals surface area contributed by atoms with Crippen LogP contribution in [0.25, 0.3) is 0 Å². The molecule has 1 aromatic rings. The van der Waals surface area contributed by atoms with Crippen molar-refractivity contribution in [1.29, 1.82) is 0 Å². The summed E-state index contributed by atoms with van der Waals surface area (Å²) in [6.45, 7) is 5.95. The van der Waals surface area contributed by atoms with E-state index in [2.05, 4.69) is 16.9 Å². The Morgan fingerprint density at radius 1 is 1.39 bits per heavy atom. The van der Waals surface area contributed by atoms with Crippen LogP contribution in [0.5, 0.6) is 5.75 Å². The number of rotatable bonds is 3. The number of aryl methyl sites for hydroxylation is 1. The minimum absolute atomic E-state index is 0.176. The van der Waals surface area contributed by atoms with Gasteiger partial charge in [-0.2, -0.15) is 0 Å². The van der Waals surface area contributed by atoms with Gasteiger partial charge in [-0.15, -0.1) is 4.72 Å². The molecule has 1 aliphatic carbocycles. The van der Waals surface area contributed by atoms with Crippen LogP contribution < -0.4 is 9.46 Å². The van der Waals surface area contributed by atoms with Crippen LogP contribution in [0.4, 0.5) is 0 Å². The molecule has 2 rings (SSSR count). The molecule has 0 aromatic heterocycles. The van der Waals surface area contributed by atoms with Gasteiger partial charge < -0.3 is 9.29 Å². The Labute approximate surface area is 112 Å². The molecule has 0 radical (unpaired) electrons. The number of nitrogens with one attached hydrogen (secondary N) is 1. The number of methoxy groups -OCH3 is 1. The Morgan fingerprint density at radius 2 is 2.11 bits per heavy atom. The van der Waals surface area contributed by atoms with E-state index in [1.807, 2.05) is 26.8 Å². The first-order chi connectivity index (χ1) is 8.41. The van der Waals surface area contributed by atoms with Gasteiger partial charge in [0.2, 0.25) is 0 Å². The average molecular weight is 267 g/mol. The minimum atomic E-state index is -1.03. The van der Waals surface area contributed by atoms with E-state index in [1.165, 1.54) is 11.1 Å². The van der Waals surface area contributed by atoms with Gasteiger partial charge in [0.05, 0.1) is 13.2 Å². The fraction of sp³-hybridized carbons (Fsp3) is 0.571. The van der Waals surface area contributed by atoms with Crippen molar-refractivity contribution in [2.75, 3.05) is 7.11 Å². The van der Waals surface area contributed by atoms with E-state index in [0.29, 0.717) is 0 Å². The molecule has 2 atom stereocenters. The molecule has 4 heteroatoms. The van der Waals surface area contributed by atoms with Crippen molar-refractivity contribution in [2.24, 2.45) is 0 Å². The number of benzene rings is 1. The highest BCUT2D eigenvalue weighted by Gasteiger charge is 2.32. The molecule has 0 fully saturated rings. The second-order valence-corrected chi connectivity index (χ2v) is 7.65. The molecule has 0 aliphatic heterocycles. The van der Waals surface area contributed by atoms with Crippen LogP contribution in [0.2, 0.25) is 0 Å². The molecular weight excluding hydrogens is 246 g/mol. The fourth-order valence-corrected chi connectivity index (χ4v) is 2.99. The minimum Gasteiger partial charge on any atom is -0.598 e. The molecule has 0 bridgehead atoms. The third-order valence-corrected chi connectivity index (χ3v) is 4.85. The fourth-order valence-electron chi connectivity index (χ4n) is 2.14. The normalized spacial score (nSPS) is 20.6. The molecule has 1 aliphatic rings. The highest BCUT2D eigenvalue weighted by atomic mass is 32.2. The van der Waals surface area contributed by atoms with Crippen LogP contribution in [0.3, 0.4) is 0 Å². The van der Waals surface area contributed by atoms with E-state index in [-0.39, 0.29) is 10.8 Å². The Morgan fingerprint density at radius 3 is 2.72 bits per heavy atom. The number of ether oxygens (including phenoxy) is 1. The molecular formula is C14H21NO2S.